The van der Waals surface area contributed by atoms with Crippen molar-refractivity contribution in [3.05, 3.63) is 0 Å². The molecule has 174 valence electrons. The summed E-state index contributed by atoms with van der Waals surface area (Å²) in [5.74, 6) is -0.870. The van der Waals surface area contributed by atoms with E-state index in [2.05, 4.69) is 25.5 Å². The maximum atomic E-state index is 10.2. The van der Waals surface area contributed by atoms with Gasteiger partial charge in [0, 0.05) is 13.3 Å². The average molecular weight is 521 g/mol. The molecule has 0 atom stereocenters. The Labute approximate surface area is 192 Å². The van der Waals surface area contributed by atoms with Gasteiger partial charge in [0.2, 0.25) is 0 Å². The van der Waals surface area contributed by atoms with Crippen LogP contribution in [0.1, 0.15) is 125 Å². The zero-order chi connectivity index (χ0) is 22.6. The van der Waals surface area contributed by atoms with Crippen LogP contribution >= 0.6 is 0 Å². The molecule has 0 unspecified atom stereocenters. The van der Waals surface area contributed by atoms with Gasteiger partial charge in [0.1, 0.15) is 0 Å². The second kappa shape index (κ2) is 32.4. The van der Waals surface area contributed by atoms with Crippen molar-refractivity contribution in [1.82, 2.24) is 0 Å². The molecule has 0 spiro atoms. The fraction of sp³-hybridized carbons (Fsp3) is 0.917. The number of hydrogen-bond acceptors (Lipinski definition) is 3. The van der Waals surface area contributed by atoms with E-state index in [0.717, 1.165) is 12.8 Å². The number of rotatable bonds is 17. The van der Waals surface area contributed by atoms with Gasteiger partial charge in [-0.2, -0.15) is 0 Å². The zero-order valence-electron chi connectivity index (χ0n) is 20.2. The molecule has 2 radical (unpaired) electrons. The van der Waals surface area contributed by atoms with Crippen molar-refractivity contribution in [3.63, 3.8) is 0 Å². The number of carbonyl (C=O) groups is 2. The number of carbonyl (C=O) groups excluding carboxylic acids is 1. The first-order chi connectivity index (χ1) is 14.0. The van der Waals surface area contributed by atoms with Crippen molar-refractivity contribution >= 4 is 33.1 Å². The van der Waals surface area contributed by atoms with E-state index in [4.69, 9.17) is 5.11 Å². The largest absolute Gasteiger partial charge is 0.466 e. The second-order valence-corrected chi connectivity index (χ2v) is 11.6. The summed E-state index contributed by atoms with van der Waals surface area (Å²) in [5, 5.41) is 8.41. The first-order valence-electron chi connectivity index (χ1n) is 12.0. The van der Waals surface area contributed by atoms with E-state index in [1.54, 1.807) is 15.8 Å². The average Bonchev–Trinajstić information content (AvgIpc) is 2.67. The molecule has 0 aromatic carbocycles. The molecule has 0 aliphatic carbocycles. The van der Waals surface area contributed by atoms with E-state index >= 15 is 0 Å². The summed E-state index contributed by atoms with van der Waals surface area (Å²) in [7, 11) is 0. The Balaban J connectivity index is -0.000000386. The molecule has 0 fully saturated rings. The molecule has 0 heterocycles. The van der Waals surface area contributed by atoms with E-state index in [0.29, 0.717) is 13.0 Å². The van der Waals surface area contributed by atoms with Crippen LogP contribution in [0.5, 0.6) is 0 Å². The number of aliphatic carboxylic acids is 1. The second-order valence-electron chi connectivity index (χ2n) is 7.35. The summed E-state index contributed by atoms with van der Waals surface area (Å²) < 4.78 is 7.65. The molecule has 0 bridgehead atoms. The van der Waals surface area contributed by atoms with Gasteiger partial charge in [-0.15, -0.1) is 0 Å². The van der Waals surface area contributed by atoms with Crippen molar-refractivity contribution < 1.29 is 19.4 Å². The number of ether oxygens (including phenoxy) is 1. The number of esters is 1. The minimum absolute atomic E-state index is 0.149. The van der Waals surface area contributed by atoms with E-state index in [9.17, 15) is 9.59 Å². The van der Waals surface area contributed by atoms with Crippen molar-refractivity contribution in [3.8, 4) is 0 Å². The zero-order valence-corrected chi connectivity index (χ0v) is 23.0. The molecule has 0 rings (SSSR count). The summed E-state index contributed by atoms with van der Waals surface area (Å²) in [6.07, 6.45) is 17.3. The fourth-order valence-corrected chi connectivity index (χ4v) is 6.68. The van der Waals surface area contributed by atoms with Gasteiger partial charge in [-0.25, -0.2) is 0 Å². The first-order valence-corrected chi connectivity index (χ1v) is 16.1. The van der Waals surface area contributed by atoms with Crippen molar-refractivity contribution in [2.75, 3.05) is 6.61 Å². The van der Waals surface area contributed by atoms with E-state index in [1.807, 2.05) is 0 Å². The molecule has 0 saturated carbocycles. The Morgan fingerprint density at radius 1 is 0.690 bits per heavy atom. The maximum absolute atomic E-state index is 10.2. The molecule has 29 heavy (non-hydrogen) atoms. The predicted molar refractivity (Wildman–Crippen MR) is 127 cm³/mol. The number of hydrogen-bond donors (Lipinski definition) is 1. The SMILES string of the molecule is CCCCCCCCCCCC(=O)O.CCC[CH2][Sn][CH2]CCC.CCOC(C)=O. The molecule has 0 aliphatic heterocycles. The molecule has 0 saturated heterocycles. The molecule has 1 N–H and O–H groups in total. The van der Waals surface area contributed by atoms with Gasteiger partial charge in [-0.1, -0.05) is 58.3 Å². The van der Waals surface area contributed by atoms with Gasteiger partial charge < -0.3 is 9.84 Å². The summed E-state index contributed by atoms with van der Waals surface area (Å²) >= 11 is 0.149. The Morgan fingerprint density at radius 2 is 1.10 bits per heavy atom. The predicted octanol–water partition coefficient (Wildman–Crippen LogP) is 7.69. The normalized spacial score (nSPS) is 9.69. The molecule has 0 aromatic rings. The summed E-state index contributed by atoms with van der Waals surface area (Å²) in [6.45, 7) is 10.5. The Bertz CT molecular complexity index is 316. The monoisotopic (exact) mass is 522 g/mol. The van der Waals surface area contributed by atoms with Gasteiger partial charge in [0.05, 0.1) is 6.61 Å². The number of unbranched alkanes of at least 4 members (excludes halogenated alkanes) is 10. The van der Waals surface area contributed by atoms with E-state index in [1.165, 1.54) is 77.6 Å². The van der Waals surface area contributed by atoms with Crippen LogP contribution in [0.25, 0.3) is 0 Å². The van der Waals surface area contributed by atoms with Crippen LogP contribution in [0, 0.1) is 0 Å². The van der Waals surface area contributed by atoms with Crippen LogP contribution in [0.15, 0.2) is 0 Å². The van der Waals surface area contributed by atoms with Gasteiger partial charge in [-0.3, -0.25) is 9.59 Å². The third kappa shape index (κ3) is 47.2. The molecule has 0 amide bonds. The standard InChI is InChI=1S/C12H24O2.C4H8O2.2C4H9.Sn/c1-2-3-4-5-6-7-8-9-10-11-12(13)14;1-3-6-4(2)5;2*1-3-4-2;/h2-11H2,1H3,(H,13,14);3H2,1-2H3;2*1,3-4H2,2H3;. The number of carboxylic acids is 1. The van der Waals surface area contributed by atoms with Crippen LogP contribution in [0.4, 0.5) is 0 Å². The van der Waals surface area contributed by atoms with Crippen LogP contribution in [0.2, 0.25) is 8.87 Å². The molecule has 0 aromatic heterocycles. The summed E-state index contributed by atoms with van der Waals surface area (Å²) in [6, 6.07) is 0. The van der Waals surface area contributed by atoms with E-state index < -0.39 is 5.97 Å². The smallest absolute Gasteiger partial charge is 0.302 e. The Morgan fingerprint density at radius 3 is 1.41 bits per heavy atom. The van der Waals surface area contributed by atoms with Crippen LogP contribution in [-0.4, -0.2) is 44.8 Å². The molecule has 0 aliphatic rings. The van der Waals surface area contributed by atoms with Gasteiger partial charge in [0.15, 0.2) is 0 Å². The number of carboxylic acid groups (broad SMARTS) is 1. The van der Waals surface area contributed by atoms with Gasteiger partial charge >= 0.3 is 81.5 Å². The quantitative estimate of drug-likeness (QED) is 0.121. The van der Waals surface area contributed by atoms with E-state index in [-0.39, 0.29) is 27.1 Å². The van der Waals surface area contributed by atoms with Gasteiger partial charge in [-0.05, 0) is 13.3 Å². The third-order valence-corrected chi connectivity index (χ3v) is 8.29. The molecule has 5 heteroatoms. The fourth-order valence-electron chi connectivity index (χ4n) is 2.52. The van der Waals surface area contributed by atoms with Crippen LogP contribution in [0.3, 0.4) is 0 Å². The Hall–Kier alpha value is -0.261. The Kier molecular flexibility index (Phi) is 37.3. The molecular formula is C24H50O4Sn. The minimum atomic E-state index is -0.659. The third-order valence-electron chi connectivity index (χ3n) is 4.26. The van der Waals surface area contributed by atoms with Gasteiger partial charge in [0.25, 0.3) is 0 Å². The van der Waals surface area contributed by atoms with Crippen molar-refractivity contribution in [2.24, 2.45) is 0 Å². The van der Waals surface area contributed by atoms with Crippen LogP contribution < -0.4 is 0 Å². The summed E-state index contributed by atoms with van der Waals surface area (Å²) in [5.41, 5.74) is 0. The molecular weight excluding hydrogens is 471 g/mol. The van der Waals surface area contributed by atoms with Crippen LogP contribution in [-0.2, 0) is 14.3 Å². The summed E-state index contributed by atoms with van der Waals surface area (Å²) in [4.78, 5) is 20.0. The molecule has 4 nitrogen and oxygen atoms in total. The first kappa shape index (κ1) is 33.4. The maximum Gasteiger partial charge on any atom is 0.302 e. The minimum Gasteiger partial charge on any atom is -0.466 e. The topological polar surface area (TPSA) is 63.6 Å². The van der Waals surface area contributed by atoms with Crippen molar-refractivity contribution in [2.45, 2.75) is 133 Å². The van der Waals surface area contributed by atoms with Crippen molar-refractivity contribution in [1.29, 1.82) is 0 Å².